The molecule has 0 heterocycles. The molecule has 0 N–H and O–H groups in total. The smallest absolute Gasteiger partial charge is 0.224 e. The molecule has 0 unspecified atom stereocenters. The van der Waals surface area contributed by atoms with Gasteiger partial charge in [-0.2, -0.15) is 0 Å². The highest BCUT2D eigenvalue weighted by Crippen LogP contribution is 2.17. The minimum atomic E-state index is -3.46. The summed E-state index contributed by atoms with van der Waals surface area (Å²) in [6, 6.07) is 6.09. The molecule has 0 aliphatic rings. The number of hydrogen-bond acceptors (Lipinski definition) is 3. The minimum Gasteiger partial charge on any atom is -0.338 e. The van der Waals surface area contributed by atoms with Crippen LogP contribution >= 0.6 is 11.6 Å². The predicted molar refractivity (Wildman–Crippen MR) is 85.2 cm³/mol. The molecule has 1 amide bonds. The normalized spacial score (nSPS) is 12.0. The van der Waals surface area contributed by atoms with Crippen molar-refractivity contribution in [1.82, 2.24) is 4.90 Å². The van der Waals surface area contributed by atoms with Crippen LogP contribution in [0.5, 0.6) is 0 Å². The third-order valence-corrected chi connectivity index (χ3v) is 5.14. The maximum Gasteiger partial charge on any atom is 0.224 e. The van der Waals surface area contributed by atoms with Crippen LogP contribution < -0.4 is 0 Å². The zero-order valence-corrected chi connectivity index (χ0v) is 14.4. The molecule has 1 aromatic carbocycles. The summed E-state index contributed by atoms with van der Waals surface area (Å²) in [7, 11) is -3.46. The standard InChI is InChI=1S/C15H22ClNO3S/c1-11(2)17(12(3)4)15(18)9-10-21(19,20)14-7-5-13(16)6-8-14/h5-8,11-12H,9-10H2,1-4H3. The van der Waals surface area contributed by atoms with Crippen LogP contribution in [-0.2, 0) is 14.6 Å². The van der Waals surface area contributed by atoms with Crippen LogP contribution in [0.25, 0.3) is 0 Å². The van der Waals surface area contributed by atoms with Crippen LogP contribution in [0.15, 0.2) is 29.2 Å². The van der Waals surface area contributed by atoms with Gasteiger partial charge in [0.25, 0.3) is 0 Å². The van der Waals surface area contributed by atoms with E-state index >= 15 is 0 Å². The van der Waals surface area contributed by atoms with Gasteiger partial charge in [-0.1, -0.05) is 11.6 Å². The van der Waals surface area contributed by atoms with Crippen molar-refractivity contribution in [3.63, 3.8) is 0 Å². The van der Waals surface area contributed by atoms with E-state index in [0.717, 1.165) is 0 Å². The molecule has 0 aromatic heterocycles. The van der Waals surface area contributed by atoms with Crippen molar-refractivity contribution in [2.45, 2.75) is 51.1 Å². The second-order valence-corrected chi connectivity index (χ2v) is 8.06. The lowest BCUT2D eigenvalue weighted by Crippen LogP contribution is -2.42. The van der Waals surface area contributed by atoms with E-state index in [9.17, 15) is 13.2 Å². The van der Waals surface area contributed by atoms with Crippen molar-refractivity contribution in [3.8, 4) is 0 Å². The number of sulfone groups is 1. The van der Waals surface area contributed by atoms with Crippen LogP contribution in [0, 0.1) is 0 Å². The van der Waals surface area contributed by atoms with Crippen molar-refractivity contribution < 1.29 is 13.2 Å². The summed E-state index contributed by atoms with van der Waals surface area (Å²) in [5.74, 6) is -0.332. The third kappa shape index (κ3) is 5.00. The highest BCUT2D eigenvalue weighted by atomic mass is 35.5. The molecular weight excluding hydrogens is 310 g/mol. The molecule has 0 aliphatic heterocycles. The number of nitrogens with zero attached hydrogens (tertiary/aromatic N) is 1. The zero-order chi connectivity index (χ0) is 16.2. The van der Waals surface area contributed by atoms with Crippen LogP contribution in [-0.4, -0.2) is 37.1 Å². The second-order valence-electron chi connectivity index (χ2n) is 5.51. The summed E-state index contributed by atoms with van der Waals surface area (Å²) in [4.78, 5) is 14.1. The molecule has 0 spiro atoms. The number of carbonyl (C=O) groups is 1. The van der Waals surface area contributed by atoms with Crippen molar-refractivity contribution >= 4 is 27.3 Å². The summed E-state index contributed by atoms with van der Waals surface area (Å²) in [6.45, 7) is 7.69. The van der Waals surface area contributed by atoms with Crippen molar-refractivity contribution in [3.05, 3.63) is 29.3 Å². The Bertz CT molecular complexity index is 571. The molecule has 0 radical (unpaired) electrons. The molecule has 0 bridgehead atoms. The van der Waals surface area contributed by atoms with Gasteiger partial charge in [-0.05, 0) is 52.0 Å². The number of amides is 1. The molecule has 4 nitrogen and oxygen atoms in total. The average Bonchev–Trinajstić information content (AvgIpc) is 2.36. The van der Waals surface area contributed by atoms with E-state index in [4.69, 9.17) is 11.6 Å². The number of benzene rings is 1. The van der Waals surface area contributed by atoms with Crippen LogP contribution in [0.4, 0.5) is 0 Å². The molecule has 1 rings (SSSR count). The molecular formula is C15H22ClNO3S. The van der Waals surface area contributed by atoms with E-state index in [2.05, 4.69) is 0 Å². The van der Waals surface area contributed by atoms with Gasteiger partial charge < -0.3 is 4.90 Å². The van der Waals surface area contributed by atoms with Crippen molar-refractivity contribution in [2.75, 3.05) is 5.75 Å². The van der Waals surface area contributed by atoms with E-state index in [1.807, 2.05) is 27.7 Å². The van der Waals surface area contributed by atoms with Gasteiger partial charge in [-0.15, -0.1) is 0 Å². The predicted octanol–water partition coefficient (Wildman–Crippen LogP) is 3.15. The number of halogens is 1. The Morgan fingerprint density at radius 3 is 2.00 bits per heavy atom. The first-order chi connectivity index (χ1) is 9.65. The van der Waals surface area contributed by atoms with E-state index in [0.29, 0.717) is 5.02 Å². The van der Waals surface area contributed by atoms with Crippen LogP contribution in [0.3, 0.4) is 0 Å². The summed E-state index contributed by atoms with van der Waals surface area (Å²) >= 11 is 5.74. The van der Waals surface area contributed by atoms with Gasteiger partial charge in [0.2, 0.25) is 5.91 Å². The Labute approximate surface area is 132 Å². The minimum absolute atomic E-state index is 0.0126. The molecule has 0 atom stereocenters. The zero-order valence-electron chi connectivity index (χ0n) is 12.8. The number of rotatable bonds is 6. The number of hydrogen-bond donors (Lipinski definition) is 0. The SMILES string of the molecule is CC(C)N(C(=O)CCS(=O)(=O)c1ccc(Cl)cc1)C(C)C. The Balaban J connectivity index is 2.77. The van der Waals surface area contributed by atoms with Crippen molar-refractivity contribution in [1.29, 1.82) is 0 Å². The molecule has 0 saturated heterocycles. The van der Waals surface area contributed by atoms with Gasteiger partial charge in [0.1, 0.15) is 0 Å². The lowest BCUT2D eigenvalue weighted by atomic mass is 10.2. The lowest BCUT2D eigenvalue weighted by molar-refractivity contribution is -0.134. The highest BCUT2D eigenvalue weighted by Gasteiger charge is 2.23. The summed E-state index contributed by atoms with van der Waals surface area (Å²) in [5, 5.41) is 0.482. The van der Waals surface area contributed by atoms with E-state index in [-0.39, 0.29) is 35.1 Å². The van der Waals surface area contributed by atoms with Gasteiger partial charge in [-0.3, -0.25) is 4.79 Å². The van der Waals surface area contributed by atoms with Crippen LogP contribution in [0.1, 0.15) is 34.1 Å². The number of carbonyl (C=O) groups excluding carboxylic acids is 1. The first-order valence-corrected chi connectivity index (χ1v) is 8.97. The van der Waals surface area contributed by atoms with E-state index in [1.165, 1.54) is 24.3 Å². The Morgan fingerprint density at radius 2 is 1.57 bits per heavy atom. The molecule has 0 aliphatic carbocycles. The maximum absolute atomic E-state index is 12.2. The van der Waals surface area contributed by atoms with Gasteiger partial charge in [-0.25, -0.2) is 8.42 Å². The van der Waals surface area contributed by atoms with Gasteiger partial charge in [0.05, 0.1) is 10.6 Å². The molecule has 118 valence electrons. The summed E-state index contributed by atoms with van der Waals surface area (Å²) < 4.78 is 24.4. The Kier molecular flexibility index (Phi) is 6.23. The highest BCUT2D eigenvalue weighted by molar-refractivity contribution is 7.91. The Hall–Kier alpha value is -1.07. The average molecular weight is 332 g/mol. The summed E-state index contributed by atoms with van der Waals surface area (Å²) in [6.07, 6.45) is -0.0126. The molecule has 6 heteroatoms. The lowest BCUT2D eigenvalue weighted by Gasteiger charge is -2.30. The topological polar surface area (TPSA) is 54.5 Å². The van der Waals surface area contributed by atoms with Crippen LogP contribution in [0.2, 0.25) is 5.02 Å². The largest absolute Gasteiger partial charge is 0.338 e. The third-order valence-electron chi connectivity index (χ3n) is 3.16. The van der Waals surface area contributed by atoms with Gasteiger partial charge in [0, 0.05) is 23.5 Å². The van der Waals surface area contributed by atoms with Gasteiger partial charge in [0.15, 0.2) is 9.84 Å². The second kappa shape index (κ2) is 7.27. The van der Waals surface area contributed by atoms with Gasteiger partial charge >= 0.3 is 0 Å². The first kappa shape index (κ1) is 18.0. The van der Waals surface area contributed by atoms with E-state index < -0.39 is 9.84 Å². The molecule has 21 heavy (non-hydrogen) atoms. The fraction of sp³-hybridized carbons (Fsp3) is 0.533. The molecule has 1 aromatic rings. The first-order valence-electron chi connectivity index (χ1n) is 6.94. The molecule has 0 fully saturated rings. The quantitative estimate of drug-likeness (QED) is 0.804. The van der Waals surface area contributed by atoms with E-state index in [1.54, 1.807) is 4.90 Å². The fourth-order valence-corrected chi connectivity index (χ4v) is 3.64. The monoisotopic (exact) mass is 331 g/mol. The maximum atomic E-state index is 12.2. The molecule has 0 saturated carbocycles. The fourth-order valence-electron chi connectivity index (χ4n) is 2.28. The Morgan fingerprint density at radius 1 is 1.10 bits per heavy atom. The summed E-state index contributed by atoms with van der Waals surface area (Å²) in [5.41, 5.74) is 0. The van der Waals surface area contributed by atoms with Crippen molar-refractivity contribution in [2.24, 2.45) is 0 Å².